The van der Waals surface area contributed by atoms with Crippen molar-refractivity contribution in [2.45, 2.75) is 45.1 Å². The minimum absolute atomic E-state index is 0.00466. The third kappa shape index (κ3) is 6.71. The van der Waals surface area contributed by atoms with E-state index in [0.29, 0.717) is 11.8 Å². The fourth-order valence-electron chi connectivity index (χ4n) is 4.37. The summed E-state index contributed by atoms with van der Waals surface area (Å²) in [6.07, 6.45) is 6.58. The Kier molecular flexibility index (Phi) is 7.49. The molecule has 1 aliphatic rings. The first kappa shape index (κ1) is 21.6. The molecular formula is C26H36N2O. The van der Waals surface area contributed by atoms with E-state index in [1.54, 1.807) is 0 Å². The van der Waals surface area contributed by atoms with Crippen LogP contribution in [0.1, 0.15) is 44.2 Å². The van der Waals surface area contributed by atoms with Crippen molar-refractivity contribution in [3.05, 3.63) is 65.7 Å². The molecular weight excluding hydrogens is 356 g/mol. The molecule has 156 valence electrons. The topological polar surface area (TPSA) is 24.8 Å². The third-order valence-electron chi connectivity index (χ3n) is 6.02. The molecule has 3 heteroatoms. The lowest BCUT2D eigenvalue weighted by Crippen LogP contribution is -2.37. The lowest BCUT2D eigenvalue weighted by atomic mass is 9.76. The van der Waals surface area contributed by atoms with Crippen LogP contribution in [0.2, 0.25) is 0 Å². The van der Waals surface area contributed by atoms with Gasteiger partial charge >= 0.3 is 0 Å². The van der Waals surface area contributed by atoms with Gasteiger partial charge in [-0.15, -0.1) is 0 Å². The fourth-order valence-corrected chi connectivity index (χ4v) is 4.37. The molecule has 1 heterocycles. The first-order valence-corrected chi connectivity index (χ1v) is 10.9. The molecule has 2 aromatic carbocycles. The smallest absolute Gasteiger partial charge is 0.0629 e. The first-order chi connectivity index (χ1) is 13.9. The molecule has 0 bridgehead atoms. The van der Waals surface area contributed by atoms with Crippen molar-refractivity contribution in [3.8, 4) is 0 Å². The SMILES string of the molecule is CN(C)c1ccc(C=NCC[C@H](Cc2ccccc2)[C@@H]2CCOC(C)(C)C2)cc1. The van der Waals surface area contributed by atoms with Gasteiger partial charge in [0.05, 0.1) is 5.60 Å². The molecule has 0 radical (unpaired) electrons. The van der Waals surface area contributed by atoms with Gasteiger partial charge in [-0.05, 0) is 74.6 Å². The molecule has 2 atom stereocenters. The van der Waals surface area contributed by atoms with Crippen molar-refractivity contribution in [2.75, 3.05) is 32.1 Å². The van der Waals surface area contributed by atoms with E-state index in [9.17, 15) is 0 Å². The Morgan fingerprint density at radius 2 is 1.83 bits per heavy atom. The van der Waals surface area contributed by atoms with Gasteiger partial charge in [0.1, 0.15) is 0 Å². The van der Waals surface area contributed by atoms with Crippen LogP contribution in [-0.2, 0) is 11.2 Å². The van der Waals surface area contributed by atoms with Crippen molar-refractivity contribution in [2.24, 2.45) is 16.8 Å². The van der Waals surface area contributed by atoms with E-state index in [-0.39, 0.29) is 5.60 Å². The van der Waals surface area contributed by atoms with Crippen molar-refractivity contribution in [3.63, 3.8) is 0 Å². The predicted octanol–water partition coefficient (Wildman–Crippen LogP) is 5.63. The van der Waals surface area contributed by atoms with E-state index in [1.807, 2.05) is 6.21 Å². The Bertz CT molecular complexity index is 765. The number of aliphatic imine (C=N–C) groups is 1. The van der Waals surface area contributed by atoms with Crippen LogP contribution in [-0.4, -0.2) is 39.1 Å². The standard InChI is InChI=1S/C26H36N2O/c1-26(2)19-24(15-17-29-26)23(18-21-8-6-5-7-9-21)14-16-27-20-22-10-12-25(13-11-22)28(3)4/h5-13,20,23-24H,14-19H2,1-4H3/t23-,24-/m1/s1. The van der Waals surface area contributed by atoms with Crippen LogP contribution in [0.15, 0.2) is 59.6 Å². The Morgan fingerprint density at radius 3 is 2.48 bits per heavy atom. The molecule has 1 aliphatic heterocycles. The van der Waals surface area contributed by atoms with Gasteiger partial charge in [-0.2, -0.15) is 0 Å². The Hall–Kier alpha value is -2.13. The summed E-state index contributed by atoms with van der Waals surface area (Å²) >= 11 is 0. The quantitative estimate of drug-likeness (QED) is 0.544. The zero-order valence-electron chi connectivity index (χ0n) is 18.5. The van der Waals surface area contributed by atoms with Gasteiger partial charge in [0.15, 0.2) is 0 Å². The molecule has 2 aromatic rings. The number of ether oxygens (including phenoxy) is 1. The summed E-state index contributed by atoms with van der Waals surface area (Å²) in [6, 6.07) is 19.5. The first-order valence-electron chi connectivity index (χ1n) is 10.9. The molecule has 29 heavy (non-hydrogen) atoms. The second kappa shape index (κ2) is 10.1. The predicted molar refractivity (Wildman–Crippen MR) is 124 cm³/mol. The van der Waals surface area contributed by atoms with E-state index >= 15 is 0 Å². The molecule has 0 aromatic heterocycles. The van der Waals surface area contributed by atoms with E-state index < -0.39 is 0 Å². The molecule has 0 N–H and O–H groups in total. The van der Waals surface area contributed by atoms with Crippen LogP contribution >= 0.6 is 0 Å². The Morgan fingerprint density at radius 1 is 1.10 bits per heavy atom. The number of rotatable bonds is 8. The van der Waals surface area contributed by atoms with Crippen LogP contribution in [0, 0.1) is 11.8 Å². The average molecular weight is 393 g/mol. The lowest BCUT2D eigenvalue weighted by Gasteiger charge is -2.39. The van der Waals surface area contributed by atoms with Crippen molar-refractivity contribution in [1.29, 1.82) is 0 Å². The van der Waals surface area contributed by atoms with Gasteiger partial charge in [0, 0.05) is 39.1 Å². The minimum Gasteiger partial charge on any atom is -0.378 e. The van der Waals surface area contributed by atoms with Gasteiger partial charge in [-0.1, -0.05) is 42.5 Å². The maximum absolute atomic E-state index is 5.97. The normalized spacial score (nSPS) is 19.9. The van der Waals surface area contributed by atoms with Crippen molar-refractivity contribution in [1.82, 2.24) is 0 Å². The molecule has 0 aliphatic carbocycles. The van der Waals surface area contributed by atoms with E-state index in [1.165, 1.54) is 16.8 Å². The second-order valence-corrected chi connectivity index (χ2v) is 9.12. The molecule has 3 rings (SSSR count). The maximum atomic E-state index is 5.97. The summed E-state index contributed by atoms with van der Waals surface area (Å²) in [5.74, 6) is 1.35. The molecule has 1 fully saturated rings. The monoisotopic (exact) mass is 392 g/mol. The Labute approximate surface area is 176 Å². The van der Waals surface area contributed by atoms with Crippen LogP contribution in [0.4, 0.5) is 5.69 Å². The van der Waals surface area contributed by atoms with E-state index in [2.05, 4.69) is 87.4 Å². The number of benzene rings is 2. The fraction of sp³-hybridized carbons (Fsp3) is 0.500. The summed E-state index contributed by atoms with van der Waals surface area (Å²) in [5, 5.41) is 0. The molecule has 0 spiro atoms. The summed E-state index contributed by atoms with van der Waals surface area (Å²) in [4.78, 5) is 6.87. The van der Waals surface area contributed by atoms with Gasteiger partial charge in [-0.3, -0.25) is 4.99 Å². The molecule has 0 unspecified atom stereocenters. The number of hydrogen-bond acceptors (Lipinski definition) is 3. The zero-order valence-corrected chi connectivity index (χ0v) is 18.5. The number of anilines is 1. The third-order valence-corrected chi connectivity index (χ3v) is 6.02. The molecule has 1 saturated heterocycles. The highest BCUT2D eigenvalue weighted by molar-refractivity contribution is 5.80. The van der Waals surface area contributed by atoms with Gasteiger partial charge in [-0.25, -0.2) is 0 Å². The summed E-state index contributed by atoms with van der Waals surface area (Å²) in [6.45, 7) is 6.22. The van der Waals surface area contributed by atoms with Crippen molar-refractivity contribution >= 4 is 11.9 Å². The highest BCUT2D eigenvalue weighted by atomic mass is 16.5. The zero-order chi connectivity index (χ0) is 20.7. The summed E-state index contributed by atoms with van der Waals surface area (Å²) < 4.78 is 5.97. The maximum Gasteiger partial charge on any atom is 0.0629 e. The molecule has 0 amide bonds. The van der Waals surface area contributed by atoms with Crippen LogP contribution < -0.4 is 4.90 Å². The average Bonchev–Trinajstić information content (AvgIpc) is 2.70. The minimum atomic E-state index is -0.00466. The van der Waals surface area contributed by atoms with Crippen LogP contribution in [0.3, 0.4) is 0 Å². The van der Waals surface area contributed by atoms with E-state index in [0.717, 1.165) is 38.8 Å². The van der Waals surface area contributed by atoms with Crippen molar-refractivity contribution < 1.29 is 4.74 Å². The highest BCUT2D eigenvalue weighted by Crippen LogP contribution is 2.36. The van der Waals surface area contributed by atoms with E-state index in [4.69, 9.17) is 9.73 Å². The van der Waals surface area contributed by atoms with Gasteiger partial charge in [0.25, 0.3) is 0 Å². The number of nitrogens with zero attached hydrogens (tertiary/aromatic N) is 2. The van der Waals surface area contributed by atoms with Gasteiger partial charge in [0.2, 0.25) is 0 Å². The summed E-state index contributed by atoms with van der Waals surface area (Å²) in [7, 11) is 4.13. The molecule has 3 nitrogen and oxygen atoms in total. The van der Waals surface area contributed by atoms with Crippen LogP contribution in [0.5, 0.6) is 0 Å². The largest absolute Gasteiger partial charge is 0.378 e. The Balaban J connectivity index is 1.61. The highest BCUT2D eigenvalue weighted by Gasteiger charge is 2.33. The summed E-state index contributed by atoms with van der Waals surface area (Å²) in [5.41, 5.74) is 3.81. The second-order valence-electron chi connectivity index (χ2n) is 9.12. The van der Waals surface area contributed by atoms with Gasteiger partial charge < -0.3 is 9.64 Å². The van der Waals surface area contributed by atoms with Crippen LogP contribution in [0.25, 0.3) is 0 Å². The molecule has 0 saturated carbocycles. The lowest BCUT2D eigenvalue weighted by molar-refractivity contribution is -0.0829. The number of hydrogen-bond donors (Lipinski definition) is 0.